The van der Waals surface area contributed by atoms with E-state index in [0.29, 0.717) is 6.54 Å². The molecule has 0 unspecified atom stereocenters. The van der Waals surface area contributed by atoms with E-state index >= 15 is 0 Å². The molecule has 0 spiro atoms. The summed E-state index contributed by atoms with van der Waals surface area (Å²) in [4.78, 5) is 3.89. The third-order valence-corrected chi connectivity index (χ3v) is 4.80. The lowest BCUT2D eigenvalue weighted by Crippen LogP contribution is -2.25. The quantitative estimate of drug-likeness (QED) is 0.347. The zero-order valence-electron chi connectivity index (χ0n) is 12.2. The van der Waals surface area contributed by atoms with Crippen LogP contribution in [0.25, 0.3) is 0 Å². The summed E-state index contributed by atoms with van der Waals surface area (Å²) in [6, 6.07) is 1.33. The molecule has 0 amide bonds. The number of hydrogen-bond donors (Lipinski definition) is 3. The maximum atomic E-state index is 12.1. The second-order valence-corrected chi connectivity index (χ2v) is 6.99. The van der Waals surface area contributed by atoms with E-state index in [0.717, 1.165) is 19.3 Å². The summed E-state index contributed by atoms with van der Waals surface area (Å²) < 4.78 is 26.7. The van der Waals surface area contributed by atoms with E-state index in [1.807, 2.05) is 0 Å². The van der Waals surface area contributed by atoms with E-state index in [2.05, 4.69) is 22.1 Å². The first-order valence-electron chi connectivity index (χ1n) is 7.13. The fourth-order valence-electron chi connectivity index (χ4n) is 1.87. The van der Waals surface area contributed by atoms with Gasteiger partial charge in [-0.05, 0) is 12.5 Å². The number of sulfonamides is 1. The molecule has 1 rings (SSSR count). The van der Waals surface area contributed by atoms with Crippen LogP contribution in [0.4, 0.5) is 5.82 Å². The number of nitrogens with one attached hydrogen (secondary N) is 2. The lowest BCUT2D eigenvalue weighted by atomic mass is 10.1. The maximum Gasteiger partial charge on any atom is 0.242 e. The van der Waals surface area contributed by atoms with Gasteiger partial charge in [-0.25, -0.2) is 24.0 Å². The van der Waals surface area contributed by atoms with Crippen molar-refractivity contribution in [1.82, 2.24) is 9.71 Å². The number of nitrogen functional groups attached to an aromatic ring is 1. The number of nitrogens with zero attached hydrogens (tertiary/aromatic N) is 1. The Bertz CT molecular complexity index is 537. The summed E-state index contributed by atoms with van der Waals surface area (Å²) in [5, 5.41) is 0.167. The van der Waals surface area contributed by atoms with Crippen molar-refractivity contribution in [2.45, 2.75) is 50.3 Å². The maximum absolute atomic E-state index is 12.1. The molecule has 4 N–H and O–H groups in total. The van der Waals surface area contributed by atoms with E-state index in [9.17, 15) is 8.42 Å². The average molecular weight is 335 g/mol. The Morgan fingerprint density at radius 2 is 1.90 bits per heavy atom. The fraction of sp³-hybridized carbons (Fsp3) is 0.615. The van der Waals surface area contributed by atoms with Gasteiger partial charge in [0, 0.05) is 12.7 Å². The average Bonchev–Trinajstić information content (AvgIpc) is 2.46. The lowest BCUT2D eigenvalue weighted by Gasteiger charge is -2.08. The molecule has 0 aliphatic heterocycles. The molecule has 0 aliphatic carbocycles. The molecular weight excluding hydrogens is 312 g/mol. The van der Waals surface area contributed by atoms with Crippen molar-refractivity contribution in [2.24, 2.45) is 5.84 Å². The molecule has 1 aromatic rings. The van der Waals surface area contributed by atoms with Crippen LogP contribution in [0, 0.1) is 0 Å². The Morgan fingerprint density at radius 1 is 1.24 bits per heavy atom. The molecule has 120 valence electrons. The van der Waals surface area contributed by atoms with E-state index in [1.165, 1.54) is 31.5 Å². The first kappa shape index (κ1) is 18.2. The Kier molecular flexibility index (Phi) is 7.95. The van der Waals surface area contributed by atoms with Crippen molar-refractivity contribution in [3.63, 3.8) is 0 Å². The smallest absolute Gasteiger partial charge is 0.242 e. The number of hydrogen-bond acceptors (Lipinski definition) is 5. The summed E-state index contributed by atoms with van der Waals surface area (Å²) in [7, 11) is -3.57. The molecule has 0 saturated carbocycles. The molecule has 8 heteroatoms. The minimum Gasteiger partial charge on any atom is -0.307 e. The minimum absolute atomic E-state index is 0.0393. The molecule has 1 heterocycles. The van der Waals surface area contributed by atoms with Gasteiger partial charge in [0.25, 0.3) is 0 Å². The number of pyridine rings is 1. The number of anilines is 1. The molecule has 0 radical (unpaired) electrons. The number of rotatable bonds is 10. The lowest BCUT2D eigenvalue weighted by molar-refractivity contribution is 0.567. The summed E-state index contributed by atoms with van der Waals surface area (Å²) in [6.07, 6.45) is 7.86. The van der Waals surface area contributed by atoms with Crippen LogP contribution in [0.15, 0.2) is 17.2 Å². The largest absolute Gasteiger partial charge is 0.307 e. The van der Waals surface area contributed by atoms with Crippen LogP contribution in [0.2, 0.25) is 5.02 Å². The highest BCUT2D eigenvalue weighted by molar-refractivity contribution is 7.89. The Hall–Kier alpha value is -0.890. The minimum atomic E-state index is -3.57. The van der Waals surface area contributed by atoms with Gasteiger partial charge in [0.05, 0.1) is 5.02 Å². The normalized spacial score (nSPS) is 11.6. The molecule has 6 nitrogen and oxygen atoms in total. The van der Waals surface area contributed by atoms with E-state index < -0.39 is 10.0 Å². The van der Waals surface area contributed by atoms with Gasteiger partial charge in [0.1, 0.15) is 4.90 Å². The SMILES string of the molecule is CCCCCCCCNS(=O)(=O)c1cnc(NN)c(Cl)c1. The first-order valence-corrected chi connectivity index (χ1v) is 8.99. The van der Waals surface area contributed by atoms with Crippen LogP contribution in [0.1, 0.15) is 45.4 Å². The highest BCUT2D eigenvalue weighted by atomic mass is 35.5. The Balaban J connectivity index is 2.45. The molecular formula is C13H23ClN4O2S. The third kappa shape index (κ3) is 6.17. The molecule has 0 aromatic carbocycles. The van der Waals surface area contributed by atoms with Crippen LogP contribution in [-0.2, 0) is 10.0 Å². The van der Waals surface area contributed by atoms with Crippen LogP contribution >= 0.6 is 11.6 Å². The second kappa shape index (κ2) is 9.19. The van der Waals surface area contributed by atoms with Crippen molar-refractivity contribution < 1.29 is 8.42 Å². The van der Waals surface area contributed by atoms with Crippen molar-refractivity contribution in [3.8, 4) is 0 Å². The predicted octanol–water partition coefficient (Wildman–Crippen LogP) is 2.66. The fourth-order valence-corrected chi connectivity index (χ4v) is 3.20. The molecule has 1 aromatic heterocycles. The van der Waals surface area contributed by atoms with Crippen LogP contribution in [-0.4, -0.2) is 19.9 Å². The summed E-state index contributed by atoms with van der Waals surface area (Å²) in [6.45, 7) is 2.59. The van der Waals surface area contributed by atoms with Crippen molar-refractivity contribution in [1.29, 1.82) is 0 Å². The zero-order chi connectivity index (χ0) is 15.7. The van der Waals surface area contributed by atoms with Crippen LogP contribution < -0.4 is 16.0 Å². The van der Waals surface area contributed by atoms with Crippen LogP contribution in [0.3, 0.4) is 0 Å². The Morgan fingerprint density at radius 3 is 2.52 bits per heavy atom. The number of nitrogens with two attached hydrogens (primary N) is 1. The van der Waals surface area contributed by atoms with Gasteiger partial charge in [0.2, 0.25) is 10.0 Å². The second-order valence-electron chi connectivity index (χ2n) is 4.81. The van der Waals surface area contributed by atoms with Gasteiger partial charge in [-0.15, -0.1) is 0 Å². The molecule has 0 fully saturated rings. The molecule has 0 saturated heterocycles. The summed E-state index contributed by atoms with van der Waals surface area (Å²) in [5.74, 6) is 5.44. The van der Waals surface area contributed by atoms with E-state index in [-0.39, 0.29) is 15.7 Å². The summed E-state index contributed by atoms with van der Waals surface area (Å²) in [5.41, 5.74) is 2.29. The first-order chi connectivity index (χ1) is 10.0. The number of aromatic nitrogens is 1. The van der Waals surface area contributed by atoms with Crippen molar-refractivity contribution in [3.05, 3.63) is 17.3 Å². The highest BCUT2D eigenvalue weighted by Crippen LogP contribution is 2.21. The number of halogens is 1. The van der Waals surface area contributed by atoms with Gasteiger partial charge < -0.3 is 5.43 Å². The van der Waals surface area contributed by atoms with E-state index in [1.54, 1.807) is 0 Å². The number of unbranched alkanes of at least 4 members (excludes halogenated alkanes) is 5. The third-order valence-electron chi connectivity index (χ3n) is 3.09. The van der Waals surface area contributed by atoms with Gasteiger partial charge in [0.15, 0.2) is 5.82 Å². The van der Waals surface area contributed by atoms with Gasteiger partial charge >= 0.3 is 0 Å². The van der Waals surface area contributed by atoms with Crippen molar-refractivity contribution in [2.75, 3.05) is 12.0 Å². The Labute approximate surface area is 131 Å². The molecule has 21 heavy (non-hydrogen) atoms. The predicted molar refractivity (Wildman–Crippen MR) is 85.6 cm³/mol. The molecule has 0 atom stereocenters. The van der Waals surface area contributed by atoms with Crippen LogP contribution in [0.5, 0.6) is 0 Å². The van der Waals surface area contributed by atoms with E-state index in [4.69, 9.17) is 17.4 Å². The molecule has 0 aliphatic rings. The number of hydrazine groups is 1. The zero-order valence-corrected chi connectivity index (χ0v) is 13.8. The highest BCUT2D eigenvalue weighted by Gasteiger charge is 2.15. The topological polar surface area (TPSA) is 97.1 Å². The monoisotopic (exact) mass is 334 g/mol. The summed E-state index contributed by atoms with van der Waals surface area (Å²) >= 11 is 5.87. The molecule has 0 bridgehead atoms. The van der Waals surface area contributed by atoms with Gasteiger partial charge in [-0.2, -0.15) is 0 Å². The van der Waals surface area contributed by atoms with Gasteiger partial charge in [-0.3, -0.25) is 0 Å². The standard InChI is InChI=1S/C13H23ClN4O2S/c1-2-3-4-5-6-7-8-17-21(19,20)11-9-12(14)13(18-15)16-10-11/h9-10,17H,2-8,15H2,1H3,(H,16,18). The van der Waals surface area contributed by atoms with Gasteiger partial charge in [-0.1, -0.05) is 50.6 Å². The van der Waals surface area contributed by atoms with Crippen molar-refractivity contribution >= 4 is 27.4 Å².